The molecule has 1 fully saturated rings. The van der Waals surface area contributed by atoms with Crippen molar-refractivity contribution in [2.45, 2.75) is 85.6 Å². The highest BCUT2D eigenvalue weighted by Crippen LogP contribution is 2.33. The van der Waals surface area contributed by atoms with Gasteiger partial charge in [-0.3, -0.25) is 0 Å². The van der Waals surface area contributed by atoms with E-state index in [1.807, 2.05) is 0 Å². The van der Waals surface area contributed by atoms with E-state index in [2.05, 4.69) is 39.9 Å². The smallest absolute Gasteiger partial charge is 0.00978 e. The van der Waals surface area contributed by atoms with E-state index in [4.69, 9.17) is 0 Å². The highest BCUT2D eigenvalue weighted by atomic mass is 14.9. The first-order valence-electron chi connectivity index (χ1n) is 8.15. The van der Waals surface area contributed by atoms with Crippen molar-refractivity contribution in [3.8, 4) is 0 Å². The van der Waals surface area contributed by atoms with E-state index in [0.29, 0.717) is 5.41 Å². The molecule has 0 aromatic carbocycles. The first kappa shape index (κ1) is 16.0. The van der Waals surface area contributed by atoms with Crippen molar-refractivity contribution in [1.29, 1.82) is 0 Å². The minimum absolute atomic E-state index is 0.477. The molecular formula is C17H35N. The zero-order valence-electron chi connectivity index (χ0n) is 13.4. The van der Waals surface area contributed by atoms with E-state index in [-0.39, 0.29) is 0 Å². The average Bonchev–Trinajstić information content (AvgIpc) is 2.74. The molecule has 0 aromatic rings. The normalized spacial score (nSPS) is 21.2. The summed E-state index contributed by atoms with van der Waals surface area (Å²) in [5, 5.41) is 3.83. The Morgan fingerprint density at radius 2 is 1.78 bits per heavy atom. The molecule has 1 saturated carbocycles. The Hall–Kier alpha value is -0.0400. The summed E-state index contributed by atoms with van der Waals surface area (Å²) in [4.78, 5) is 0. The van der Waals surface area contributed by atoms with Gasteiger partial charge in [0.2, 0.25) is 0 Å². The second-order valence-corrected chi connectivity index (χ2v) is 7.71. The van der Waals surface area contributed by atoms with Gasteiger partial charge in [0.15, 0.2) is 0 Å². The van der Waals surface area contributed by atoms with E-state index in [1.165, 1.54) is 51.5 Å². The number of rotatable bonds is 7. The van der Waals surface area contributed by atoms with Gasteiger partial charge in [0.25, 0.3) is 0 Å². The van der Waals surface area contributed by atoms with Crippen LogP contribution in [0.2, 0.25) is 0 Å². The molecule has 18 heavy (non-hydrogen) atoms. The maximum atomic E-state index is 3.83. The lowest BCUT2D eigenvalue weighted by Crippen LogP contribution is -2.37. The molecule has 0 heterocycles. The van der Waals surface area contributed by atoms with Gasteiger partial charge < -0.3 is 5.32 Å². The second-order valence-electron chi connectivity index (χ2n) is 7.71. The summed E-state index contributed by atoms with van der Waals surface area (Å²) in [5.74, 6) is 1.80. The fraction of sp³-hybridized carbons (Fsp3) is 1.00. The lowest BCUT2D eigenvalue weighted by atomic mass is 9.80. The van der Waals surface area contributed by atoms with Crippen molar-refractivity contribution in [3.05, 3.63) is 0 Å². The number of nitrogens with one attached hydrogen (secondary N) is 1. The van der Waals surface area contributed by atoms with Crippen LogP contribution in [-0.2, 0) is 0 Å². The van der Waals surface area contributed by atoms with Gasteiger partial charge in [0.05, 0.1) is 0 Å². The average molecular weight is 253 g/mol. The van der Waals surface area contributed by atoms with Gasteiger partial charge in [-0.1, -0.05) is 47.5 Å². The summed E-state index contributed by atoms with van der Waals surface area (Å²) in [6, 6.07) is 0.782. The van der Waals surface area contributed by atoms with Crippen LogP contribution in [0.4, 0.5) is 0 Å². The molecule has 1 rings (SSSR count). The van der Waals surface area contributed by atoms with Gasteiger partial charge >= 0.3 is 0 Å². The van der Waals surface area contributed by atoms with Crippen LogP contribution in [-0.4, -0.2) is 12.6 Å². The summed E-state index contributed by atoms with van der Waals surface area (Å²) in [7, 11) is 0. The predicted octanol–water partition coefficient (Wildman–Crippen LogP) is 5.01. The Bertz CT molecular complexity index is 210. The number of hydrogen-bond acceptors (Lipinski definition) is 1. The minimum Gasteiger partial charge on any atom is -0.314 e. The molecule has 1 nitrogen and oxygen atoms in total. The van der Waals surface area contributed by atoms with Crippen LogP contribution in [0.5, 0.6) is 0 Å². The standard InChI is InChI=1S/C17H35N/c1-6-11-18-16(15-9-7-8-10-15)12-14(2)13-17(3,4)5/h14-16,18H,6-13H2,1-5H3. The molecule has 1 aliphatic rings. The van der Waals surface area contributed by atoms with E-state index in [9.17, 15) is 0 Å². The third-order valence-corrected chi connectivity index (χ3v) is 4.24. The molecule has 2 atom stereocenters. The van der Waals surface area contributed by atoms with Crippen molar-refractivity contribution >= 4 is 0 Å². The van der Waals surface area contributed by atoms with Crippen molar-refractivity contribution in [2.24, 2.45) is 17.3 Å². The Morgan fingerprint density at radius 3 is 2.28 bits per heavy atom. The topological polar surface area (TPSA) is 12.0 Å². The summed E-state index contributed by atoms with van der Waals surface area (Å²) >= 11 is 0. The van der Waals surface area contributed by atoms with Crippen molar-refractivity contribution in [1.82, 2.24) is 5.32 Å². The molecule has 1 N–H and O–H groups in total. The molecule has 0 radical (unpaired) electrons. The maximum Gasteiger partial charge on any atom is 0.00978 e. The lowest BCUT2D eigenvalue weighted by molar-refractivity contribution is 0.243. The lowest BCUT2D eigenvalue weighted by Gasteiger charge is -2.30. The Kier molecular flexibility index (Phi) is 6.70. The third kappa shape index (κ3) is 6.22. The van der Waals surface area contributed by atoms with Gasteiger partial charge in [-0.05, 0) is 55.9 Å². The first-order valence-corrected chi connectivity index (χ1v) is 8.15. The van der Waals surface area contributed by atoms with Crippen LogP contribution in [0.3, 0.4) is 0 Å². The third-order valence-electron chi connectivity index (χ3n) is 4.24. The highest BCUT2D eigenvalue weighted by molar-refractivity contribution is 4.83. The van der Waals surface area contributed by atoms with E-state index >= 15 is 0 Å². The van der Waals surface area contributed by atoms with Crippen LogP contribution >= 0.6 is 0 Å². The van der Waals surface area contributed by atoms with Crippen LogP contribution in [0.15, 0.2) is 0 Å². The van der Waals surface area contributed by atoms with E-state index in [1.54, 1.807) is 0 Å². The van der Waals surface area contributed by atoms with Gasteiger partial charge in [-0.25, -0.2) is 0 Å². The first-order chi connectivity index (χ1) is 8.42. The molecule has 0 aromatic heterocycles. The minimum atomic E-state index is 0.477. The zero-order valence-corrected chi connectivity index (χ0v) is 13.4. The molecule has 0 aliphatic heterocycles. The van der Waals surface area contributed by atoms with Crippen LogP contribution in [0, 0.1) is 17.3 Å². The van der Waals surface area contributed by atoms with Gasteiger partial charge in [0, 0.05) is 6.04 Å². The highest BCUT2D eigenvalue weighted by Gasteiger charge is 2.27. The summed E-state index contributed by atoms with van der Waals surface area (Å²) in [6.45, 7) is 13.0. The van der Waals surface area contributed by atoms with Crippen molar-refractivity contribution < 1.29 is 0 Å². The molecule has 1 aliphatic carbocycles. The monoisotopic (exact) mass is 253 g/mol. The quantitative estimate of drug-likeness (QED) is 0.672. The fourth-order valence-corrected chi connectivity index (χ4v) is 3.69. The molecule has 0 saturated heterocycles. The SMILES string of the molecule is CCCNC(CC(C)CC(C)(C)C)C1CCCC1. The molecule has 2 unspecified atom stereocenters. The largest absolute Gasteiger partial charge is 0.314 e. The van der Waals surface area contributed by atoms with Gasteiger partial charge in [-0.15, -0.1) is 0 Å². The fourth-order valence-electron chi connectivity index (χ4n) is 3.69. The molecule has 0 bridgehead atoms. The van der Waals surface area contributed by atoms with E-state index in [0.717, 1.165) is 17.9 Å². The van der Waals surface area contributed by atoms with Gasteiger partial charge in [-0.2, -0.15) is 0 Å². The Labute approximate surface area is 115 Å². The molecule has 0 spiro atoms. The van der Waals surface area contributed by atoms with Crippen LogP contribution in [0.25, 0.3) is 0 Å². The predicted molar refractivity (Wildman–Crippen MR) is 81.9 cm³/mol. The summed E-state index contributed by atoms with van der Waals surface area (Å²) < 4.78 is 0. The Balaban J connectivity index is 2.43. The van der Waals surface area contributed by atoms with Gasteiger partial charge in [0.1, 0.15) is 0 Å². The molecular weight excluding hydrogens is 218 g/mol. The molecule has 1 heteroatoms. The number of hydrogen-bond donors (Lipinski definition) is 1. The Morgan fingerprint density at radius 1 is 1.17 bits per heavy atom. The molecule has 108 valence electrons. The molecule has 0 amide bonds. The summed E-state index contributed by atoms with van der Waals surface area (Å²) in [6.07, 6.45) is 9.83. The van der Waals surface area contributed by atoms with E-state index < -0.39 is 0 Å². The zero-order chi connectivity index (χ0) is 13.6. The van der Waals surface area contributed by atoms with Crippen molar-refractivity contribution in [2.75, 3.05) is 6.54 Å². The van der Waals surface area contributed by atoms with Crippen LogP contribution < -0.4 is 5.32 Å². The van der Waals surface area contributed by atoms with Crippen molar-refractivity contribution in [3.63, 3.8) is 0 Å². The summed E-state index contributed by atoms with van der Waals surface area (Å²) in [5.41, 5.74) is 0.477. The van der Waals surface area contributed by atoms with Crippen LogP contribution in [0.1, 0.15) is 79.6 Å². The maximum absolute atomic E-state index is 3.83. The second kappa shape index (κ2) is 7.53.